The Morgan fingerprint density at radius 3 is 2.17 bits per heavy atom. The maximum atomic E-state index is 10.3. The standard InChI is InChI=1S/C16H31NO/c1-12-7-9-17(10-8-12)14-11-13(16(2,3)4)5-6-15(14)18/h12-15,18H,5-11H2,1-4H3. The Hall–Kier alpha value is -0.0800. The van der Waals surface area contributed by atoms with Crippen molar-refractivity contribution in [1.29, 1.82) is 0 Å². The maximum absolute atomic E-state index is 10.3. The van der Waals surface area contributed by atoms with Gasteiger partial charge in [-0.1, -0.05) is 27.7 Å². The van der Waals surface area contributed by atoms with E-state index < -0.39 is 0 Å². The zero-order valence-corrected chi connectivity index (χ0v) is 12.7. The molecule has 0 aromatic heterocycles. The second-order valence-electron chi connectivity index (χ2n) is 7.73. The van der Waals surface area contributed by atoms with Crippen LogP contribution in [-0.2, 0) is 0 Å². The predicted octanol–water partition coefficient (Wildman–Crippen LogP) is 3.29. The SMILES string of the molecule is CC1CCN(C2CC(C(C)(C)C)CCC2O)CC1. The lowest BCUT2D eigenvalue weighted by molar-refractivity contribution is -0.0274. The lowest BCUT2D eigenvalue weighted by atomic mass is 9.69. The minimum Gasteiger partial charge on any atom is -0.391 e. The number of piperidine rings is 1. The molecule has 2 fully saturated rings. The van der Waals surface area contributed by atoms with Gasteiger partial charge in [-0.05, 0) is 62.4 Å². The van der Waals surface area contributed by atoms with E-state index in [9.17, 15) is 5.11 Å². The molecule has 106 valence electrons. The van der Waals surface area contributed by atoms with Crippen molar-refractivity contribution >= 4 is 0 Å². The molecule has 0 amide bonds. The molecule has 18 heavy (non-hydrogen) atoms. The van der Waals surface area contributed by atoms with E-state index in [1.165, 1.54) is 38.8 Å². The zero-order valence-electron chi connectivity index (χ0n) is 12.7. The van der Waals surface area contributed by atoms with Crippen LogP contribution in [0.25, 0.3) is 0 Å². The molecule has 3 unspecified atom stereocenters. The molecule has 1 aliphatic heterocycles. The Bertz CT molecular complexity index is 263. The first-order valence-corrected chi connectivity index (χ1v) is 7.80. The molecule has 1 heterocycles. The first-order chi connectivity index (χ1) is 8.38. The summed E-state index contributed by atoms with van der Waals surface area (Å²) in [6.45, 7) is 11.8. The van der Waals surface area contributed by atoms with Crippen LogP contribution < -0.4 is 0 Å². The number of likely N-dealkylation sites (tertiary alicyclic amines) is 1. The molecule has 2 heteroatoms. The number of hydrogen-bond acceptors (Lipinski definition) is 2. The fourth-order valence-electron chi connectivity index (χ4n) is 3.67. The normalized spacial score (nSPS) is 36.8. The van der Waals surface area contributed by atoms with Gasteiger partial charge in [-0.3, -0.25) is 4.90 Å². The lowest BCUT2D eigenvalue weighted by Crippen LogP contribution is -2.51. The third-order valence-corrected chi connectivity index (χ3v) is 5.29. The number of aliphatic hydroxyl groups excluding tert-OH is 1. The van der Waals surface area contributed by atoms with Crippen LogP contribution in [0.1, 0.15) is 59.8 Å². The molecule has 1 aliphatic carbocycles. The number of nitrogens with zero attached hydrogens (tertiary/aromatic N) is 1. The molecule has 1 saturated heterocycles. The second kappa shape index (κ2) is 5.50. The lowest BCUT2D eigenvalue weighted by Gasteiger charge is -2.46. The van der Waals surface area contributed by atoms with Crippen LogP contribution >= 0.6 is 0 Å². The summed E-state index contributed by atoms with van der Waals surface area (Å²) >= 11 is 0. The van der Waals surface area contributed by atoms with Crippen molar-refractivity contribution in [3.8, 4) is 0 Å². The Kier molecular flexibility index (Phi) is 4.38. The molecule has 0 aromatic rings. The molecule has 0 spiro atoms. The van der Waals surface area contributed by atoms with Crippen LogP contribution in [0.15, 0.2) is 0 Å². The second-order valence-corrected chi connectivity index (χ2v) is 7.73. The average Bonchev–Trinajstić information content (AvgIpc) is 2.29. The summed E-state index contributed by atoms with van der Waals surface area (Å²) in [6.07, 6.45) is 5.92. The highest BCUT2D eigenvalue weighted by molar-refractivity contribution is 4.91. The van der Waals surface area contributed by atoms with Crippen LogP contribution in [0.5, 0.6) is 0 Å². The maximum Gasteiger partial charge on any atom is 0.0695 e. The van der Waals surface area contributed by atoms with Crippen LogP contribution in [-0.4, -0.2) is 35.2 Å². The molecule has 2 rings (SSSR count). The van der Waals surface area contributed by atoms with Gasteiger partial charge in [0.2, 0.25) is 0 Å². The quantitative estimate of drug-likeness (QED) is 0.775. The molecule has 3 atom stereocenters. The van der Waals surface area contributed by atoms with Crippen LogP contribution in [0.3, 0.4) is 0 Å². The number of rotatable bonds is 1. The molecular weight excluding hydrogens is 222 g/mol. The fraction of sp³-hybridized carbons (Fsp3) is 1.00. The summed E-state index contributed by atoms with van der Waals surface area (Å²) in [4.78, 5) is 2.57. The predicted molar refractivity (Wildman–Crippen MR) is 76.6 cm³/mol. The summed E-state index contributed by atoms with van der Waals surface area (Å²) in [6, 6.07) is 0.426. The van der Waals surface area contributed by atoms with E-state index in [1.807, 2.05) is 0 Å². The highest BCUT2D eigenvalue weighted by atomic mass is 16.3. The van der Waals surface area contributed by atoms with E-state index in [1.54, 1.807) is 0 Å². The highest BCUT2D eigenvalue weighted by Gasteiger charge is 2.38. The Morgan fingerprint density at radius 1 is 1.00 bits per heavy atom. The van der Waals surface area contributed by atoms with Gasteiger partial charge in [0.15, 0.2) is 0 Å². The molecule has 0 aromatic carbocycles. The van der Waals surface area contributed by atoms with Gasteiger partial charge in [-0.25, -0.2) is 0 Å². The van der Waals surface area contributed by atoms with E-state index in [4.69, 9.17) is 0 Å². The smallest absolute Gasteiger partial charge is 0.0695 e. The fourth-order valence-corrected chi connectivity index (χ4v) is 3.67. The van der Waals surface area contributed by atoms with Crippen molar-refractivity contribution in [2.24, 2.45) is 17.3 Å². The summed E-state index contributed by atoms with van der Waals surface area (Å²) < 4.78 is 0. The first-order valence-electron chi connectivity index (χ1n) is 7.80. The average molecular weight is 253 g/mol. The van der Waals surface area contributed by atoms with Gasteiger partial charge in [-0.2, -0.15) is 0 Å². The van der Waals surface area contributed by atoms with Crippen molar-refractivity contribution in [1.82, 2.24) is 4.90 Å². The van der Waals surface area contributed by atoms with E-state index in [0.29, 0.717) is 11.5 Å². The van der Waals surface area contributed by atoms with Crippen LogP contribution in [0.2, 0.25) is 0 Å². The zero-order chi connectivity index (χ0) is 13.3. The monoisotopic (exact) mass is 253 g/mol. The number of aliphatic hydroxyl groups is 1. The van der Waals surface area contributed by atoms with Gasteiger partial charge in [0.1, 0.15) is 0 Å². The van der Waals surface area contributed by atoms with E-state index in [-0.39, 0.29) is 6.10 Å². The van der Waals surface area contributed by atoms with Crippen LogP contribution in [0.4, 0.5) is 0 Å². The Morgan fingerprint density at radius 2 is 1.61 bits per heavy atom. The first kappa shape index (κ1) is 14.3. The van der Waals surface area contributed by atoms with E-state index in [2.05, 4.69) is 32.6 Å². The van der Waals surface area contributed by atoms with Crippen LogP contribution in [0, 0.1) is 17.3 Å². The third kappa shape index (κ3) is 3.27. The van der Waals surface area contributed by atoms with Gasteiger partial charge in [0.25, 0.3) is 0 Å². The molecule has 0 radical (unpaired) electrons. The van der Waals surface area contributed by atoms with E-state index in [0.717, 1.165) is 18.3 Å². The van der Waals surface area contributed by atoms with Crippen molar-refractivity contribution < 1.29 is 5.11 Å². The van der Waals surface area contributed by atoms with Crippen molar-refractivity contribution in [2.45, 2.75) is 71.9 Å². The highest BCUT2D eigenvalue weighted by Crippen LogP contribution is 2.40. The van der Waals surface area contributed by atoms with Gasteiger partial charge in [0, 0.05) is 6.04 Å². The summed E-state index contributed by atoms with van der Waals surface area (Å²) in [7, 11) is 0. The molecule has 2 aliphatic rings. The summed E-state index contributed by atoms with van der Waals surface area (Å²) in [5, 5.41) is 10.3. The Labute approximate surface area is 113 Å². The van der Waals surface area contributed by atoms with Crippen molar-refractivity contribution in [3.63, 3.8) is 0 Å². The molecule has 1 saturated carbocycles. The summed E-state index contributed by atoms with van der Waals surface area (Å²) in [5.41, 5.74) is 0.390. The largest absolute Gasteiger partial charge is 0.391 e. The molecule has 0 bridgehead atoms. The minimum absolute atomic E-state index is 0.0861. The van der Waals surface area contributed by atoms with Gasteiger partial charge >= 0.3 is 0 Å². The van der Waals surface area contributed by atoms with Gasteiger partial charge < -0.3 is 5.11 Å². The molecule has 2 nitrogen and oxygen atoms in total. The third-order valence-electron chi connectivity index (χ3n) is 5.29. The molecule has 1 N–H and O–H groups in total. The van der Waals surface area contributed by atoms with E-state index >= 15 is 0 Å². The number of hydrogen-bond donors (Lipinski definition) is 1. The molecular formula is C16H31NO. The minimum atomic E-state index is -0.0861. The van der Waals surface area contributed by atoms with Gasteiger partial charge in [-0.15, -0.1) is 0 Å². The summed E-state index contributed by atoms with van der Waals surface area (Å²) in [5.74, 6) is 1.64. The van der Waals surface area contributed by atoms with Crippen molar-refractivity contribution in [3.05, 3.63) is 0 Å². The van der Waals surface area contributed by atoms with Crippen molar-refractivity contribution in [2.75, 3.05) is 13.1 Å². The Balaban J connectivity index is 1.97. The topological polar surface area (TPSA) is 23.5 Å². The van der Waals surface area contributed by atoms with Gasteiger partial charge in [0.05, 0.1) is 6.10 Å².